The summed E-state index contributed by atoms with van der Waals surface area (Å²) in [7, 11) is 0. The topological polar surface area (TPSA) is 66.5 Å². The standard InChI is InChI=1S/C16H16N2O3/c1-10-6-7-13(14(19)8-10)18-9-15(20)17-12-5-3-2-4-11(12)16(18)21/h2-5,13H,1,6-9H2,(H,17,20). The van der Waals surface area contributed by atoms with E-state index in [0.29, 0.717) is 24.1 Å². The Bertz CT molecular complexity index is 651. The molecule has 108 valence electrons. The maximum Gasteiger partial charge on any atom is 0.257 e. The molecule has 5 heteroatoms. The van der Waals surface area contributed by atoms with Gasteiger partial charge in [-0.1, -0.05) is 24.3 Å². The molecular formula is C16H16N2O3. The van der Waals surface area contributed by atoms with Crippen LogP contribution in [0.5, 0.6) is 0 Å². The SMILES string of the molecule is C=C1CCC(N2CC(=O)Nc3ccccc3C2=O)C(=O)C1. The van der Waals surface area contributed by atoms with Gasteiger partial charge < -0.3 is 10.2 Å². The molecule has 1 atom stereocenters. The van der Waals surface area contributed by atoms with Crippen LogP contribution >= 0.6 is 0 Å². The molecule has 1 aromatic carbocycles. The molecule has 5 nitrogen and oxygen atoms in total. The molecule has 0 saturated heterocycles. The number of hydrogen-bond acceptors (Lipinski definition) is 3. The number of Topliss-reactive ketones (excluding diaryl/α,β-unsaturated/α-hetero) is 1. The van der Waals surface area contributed by atoms with Crippen molar-refractivity contribution in [2.45, 2.75) is 25.3 Å². The van der Waals surface area contributed by atoms with E-state index in [0.717, 1.165) is 5.57 Å². The van der Waals surface area contributed by atoms with Crippen LogP contribution in [0.2, 0.25) is 0 Å². The molecule has 0 radical (unpaired) electrons. The zero-order chi connectivity index (χ0) is 15.0. The van der Waals surface area contributed by atoms with Gasteiger partial charge in [0.2, 0.25) is 5.91 Å². The highest BCUT2D eigenvalue weighted by molar-refractivity contribution is 6.10. The molecule has 1 saturated carbocycles. The van der Waals surface area contributed by atoms with Gasteiger partial charge in [-0.25, -0.2) is 0 Å². The van der Waals surface area contributed by atoms with Crippen molar-refractivity contribution in [3.8, 4) is 0 Å². The van der Waals surface area contributed by atoms with Gasteiger partial charge in [0.1, 0.15) is 6.54 Å². The van der Waals surface area contributed by atoms with E-state index >= 15 is 0 Å². The number of carbonyl (C=O) groups excluding carboxylic acids is 3. The van der Waals surface area contributed by atoms with Crippen LogP contribution in [0.15, 0.2) is 36.4 Å². The Balaban J connectivity index is 1.96. The third kappa shape index (κ3) is 2.46. The molecule has 1 N–H and O–H groups in total. The fourth-order valence-electron chi connectivity index (χ4n) is 2.89. The first kappa shape index (κ1) is 13.5. The molecule has 3 rings (SSSR count). The van der Waals surface area contributed by atoms with Gasteiger partial charge in [0.05, 0.1) is 17.3 Å². The molecule has 1 unspecified atom stereocenters. The van der Waals surface area contributed by atoms with Crippen LogP contribution in [0.25, 0.3) is 0 Å². The summed E-state index contributed by atoms with van der Waals surface area (Å²) in [6, 6.07) is 6.34. The van der Waals surface area contributed by atoms with Crippen LogP contribution in [0.1, 0.15) is 29.6 Å². The van der Waals surface area contributed by atoms with E-state index in [2.05, 4.69) is 11.9 Å². The van der Waals surface area contributed by atoms with Gasteiger partial charge in [-0.15, -0.1) is 0 Å². The maximum atomic E-state index is 12.7. The first-order chi connectivity index (χ1) is 10.1. The summed E-state index contributed by atoms with van der Waals surface area (Å²) in [5.74, 6) is -0.577. The normalized spacial score (nSPS) is 22.7. The van der Waals surface area contributed by atoms with Crippen LogP contribution in [0.4, 0.5) is 5.69 Å². The Morgan fingerprint density at radius 2 is 1.95 bits per heavy atom. The second-order valence-corrected chi connectivity index (χ2v) is 5.47. The number of ketones is 1. The van der Waals surface area contributed by atoms with Crippen molar-refractivity contribution < 1.29 is 14.4 Å². The highest BCUT2D eigenvalue weighted by Crippen LogP contribution is 2.27. The molecule has 2 aliphatic rings. The number of carbonyl (C=O) groups is 3. The Morgan fingerprint density at radius 3 is 2.71 bits per heavy atom. The summed E-state index contributed by atoms with van der Waals surface area (Å²) in [4.78, 5) is 38.2. The maximum absolute atomic E-state index is 12.7. The third-order valence-electron chi connectivity index (χ3n) is 3.95. The molecule has 1 aliphatic carbocycles. The Labute approximate surface area is 122 Å². The van der Waals surface area contributed by atoms with Crippen LogP contribution in [-0.2, 0) is 9.59 Å². The lowest BCUT2D eigenvalue weighted by atomic mass is 9.89. The lowest BCUT2D eigenvalue weighted by Gasteiger charge is -2.32. The van der Waals surface area contributed by atoms with Gasteiger partial charge in [0.15, 0.2) is 5.78 Å². The van der Waals surface area contributed by atoms with E-state index in [1.807, 2.05) is 0 Å². The van der Waals surface area contributed by atoms with E-state index in [1.165, 1.54) is 4.90 Å². The highest BCUT2D eigenvalue weighted by atomic mass is 16.2. The number of nitrogens with one attached hydrogen (secondary N) is 1. The number of nitrogens with zero attached hydrogens (tertiary/aromatic N) is 1. The second kappa shape index (κ2) is 5.16. The highest BCUT2D eigenvalue weighted by Gasteiger charge is 2.36. The number of hydrogen-bond donors (Lipinski definition) is 1. The summed E-state index contributed by atoms with van der Waals surface area (Å²) >= 11 is 0. The number of amides is 2. The zero-order valence-electron chi connectivity index (χ0n) is 11.6. The number of anilines is 1. The molecule has 0 aromatic heterocycles. The van der Waals surface area contributed by atoms with Gasteiger partial charge in [0.25, 0.3) is 5.91 Å². The number of para-hydroxylation sites is 1. The summed E-state index contributed by atoms with van der Waals surface area (Å²) in [6.07, 6.45) is 1.54. The second-order valence-electron chi connectivity index (χ2n) is 5.47. The number of allylic oxidation sites excluding steroid dienone is 1. The quantitative estimate of drug-likeness (QED) is 0.799. The van der Waals surface area contributed by atoms with E-state index in [9.17, 15) is 14.4 Å². The van der Waals surface area contributed by atoms with Crippen molar-refractivity contribution in [3.63, 3.8) is 0 Å². The fraction of sp³-hybridized carbons (Fsp3) is 0.312. The summed E-state index contributed by atoms with van der Waals surface area (Å²) in [6.45, 7) is 3.74. The van der Waals surface area contributed by atoms with Gasteiger partial charge in [0, 0.05) is 6.42 Å². The Morgan fingerprint density at radius 1 is 1.19 bits per heavy atom. The summed E-state index contributed by atoms with van der Waals surface area (Å²) in [5, 5.41) is 2.72. The average molecular weight is 284 g/mol. The minimum absolute atomic E-state index is 0.0354. The Kier molecular flexibility index (Phi) is 3.33. The van der Waals surface area contributed by atoms with Crippen molar-refractivity contribution in [2.24, 2.45) is 0 Å². The third-order valence-corrected chi connectivity index (χ3v) is 3.95. The van der Waals surface area contributed by atoms with Gasteiger partial charge in [-0.05, 0) is 25.0 Å². The summed E-state index contributed by atoms with van der Waals surface area (Å²) < 4.78 is 0. The molecule has 1 heterocycles. The van der Waals surface area contributed by atoms with Crippen LogP contribution < -0.4 is 5.32 Å². The minimum atomic E-state index is -0.528. The lowest BCUT2D eigenvalue weighted by molar-refractivity contribution is -0.125. The zero-order valence-corrected chi connectivity index (χ0v) is 11.6. The lowest BCUT2D eigenvalue weighted by Crippen LogP contribution is -2.48. The smallest absolute Gasteiger partial charge is 0.257 e. The molecular weight excluding hydrogens is 268 g/mol. The predicted molar refractivity (Wildman–Crippen MR) is 77.9 cm³/mol. The van der Waals surface area contributed by atoms with Gasteiger partial charge >= 0.3 is 0 Å². The van der Waals surface area contributed by atoms with Crippen LogP contribution in [0.3, 0.4) is 0 Å². The van der Waals surface area contributed by atoms with Crippen LogP contribution in [0, 0.1) is 0 Å². The van der Waals surface area contributed by atoms with E-state index in [4.69, 9.17) is 0 Å². The van der Waals surface area contributed by atoms with Gasteiger partial charge in [-0.2, -0.15) is 0 Å². The molecule has 1 aliphatic heterocycles. The average Bonchev–Trinajstić information content (AvgIpc) is 2.57. The number of rotatable bonds is 1. The predicted octanol–water partition coefficient (Wildman–Crippen LogP) is 1.76. The molecule has 1 fully saturated rings. The van der Waals surface area contributed by atoms with Gasteiger partial charge in [-0.3, -0.25) is 14.4 Å². The number of fused-ring (bicyclic) bond motifs is 1. The number of benzene rings is 1. The van der Waals surface area contributed by atoms with Crippen molar-refractivity contribution in [1.82, 2.24) is 4.90 Å². The van der Waals surface area contributed by atoms with E-state index in [-0.39, 0.29) is 30.6 Å². The van der Waals surface area contributed by atoms with Crippen molar-refractivity contribution >= 4 is 23.3 Å². The molecule has 0 bridgehead atoms. The summed E-state index contributed by atoms with van der Waals surface area (Å²) in [5.41, 5.74) is 1.83. The minimum Gasteiger partial charge on any atom is -0.324 e. The monoisotopic (exact) mass is 284 g/mol. The fourth-order valence-corrected chi connectivity index (χ4v) is 2.89. The molecule has 0 spiro atoms. The van der Waals surface area contributed by atoms with Crippen molar-refractivity contribution in [1.29, 1.82) is 0 Å². The van der Waals surface area contributed by atoms with E-state index < -0.39 is 6.04 Å². The molecule has 2 amide bonds. The van der Waals surface area contributed by atoms with Crippen molar-refractivity contribution in [3.05, 3.63) is 42.0 Å². The largest absolute Gasteiger partial charge is 0.324 e. The molecule has 1 aromatic rings. The van der Waals surface area contributed by atoms with E-state index in [1.54, 1.807) is 24.3 Å². The van der Waals surface area contributed by atoms with Crippen LogP contribution in [-0.4, -0.2) is 35.1 Å². The van der Waals surface area contributed by atoms with Crippen molar-refractivity contribution in [2.75, 3.05) is 11.9 Å². The Hall–Kier alpha value is -2.43. The first-order valence-electron chi connectivity index (χ1n) is 6.95. The first-order valence-corrected chi connectivity index (χ1v) is 6.95. The molecule has 21 heavy (non-hydrogen) atoms.